The van der Waals surface area contributed by atoms with E-state index in [2.05, 4.69) is 0 Å². The Labute approximate surface area is 105 Å². The summed E-state index contributed by atoms with van der Waals surface area (Å²) in [5, 5.41) is 0.0139. The molecule has 0 N–H and O–H groups in total. The fourth-order valence-corrected chi connectivity index (χ4v) is 3.00. The van der Waals surface area contributed by atoms with Crippen molar-refractivity contribution in [3.05, 3.63) is 28.3 Å². The summed E-state index contributed by atoms with van der Waals surface area (Å²) >= 11 is 5.85. The van der Waals surface area contributed by atoms with Crippen LogP contribution in [-0.4, -0.2) is 10.5 Å². The summed E-state index contributed by atoms with van der Waals surface area (Å²) in [7, 11) is -1.50. The van der Waals surface area contributed by atoms with Crippen LogP contribution in [0.1, 0.15) is 30.9 Å². The summed E-state index contributed by atoms with van der Waals surface area (Å²) in [5.74, 6) is -0.0799. The van der Waals surface area contributed by atoms with Crippen molar-refractivity contribution in [1.82, 2.24) is 0 Å². The Kier molecular flexibility index (Phi) is 4.25. The van der Waals surface area contributed by atoms with E-state index in [9.17, 15) is 17.4 Å². The molecule has 0 heterocycles. The quantitative estimate of drug-likeness (QED) is 0.795. The predicted octanol–water partition coefficient (Wildman–Crippen LogP) is 4.22. The first kappa shape index (κ1) is 14.5. The van der Waals surface area contributed by atoms with Crippen molar-refractivity contribution >= 4 is 22.4 Å². The van der Waals surface area contributed by atoms with Gasteiger partial charge in [-0.3, -0.25) is 4.21 Å². The highest BCUT2D eigenvalue weighted by Gasteiger charge is 2.32. The smallest absolute Gasteiger partial charge is 0.255 e. The van der Waals surface area contributed by atoms with E-state index in [1.54, 1.807) is 13.8 Å². The Bertz CT molecular complexity index is 455. The van der Waals surface area contributed by atoms with Crippen LogP contribution in [0.2, 0.25) is 5.02 Å². The maximum Gasteiger partial charge on any atom is 0.416 e. The third-order valence-electron chi connectivity index (χ3n) is 2.31. The molecule has 0 amide bonds. The van der Waals surface area contributed by atoms with Gasteiger partial charge in [-0.2, -0.15) is 13.2 Å². The first-order valence-corrected chi connectivity index (χ1v) is 6.82. The lowest BCUT2D eigenvalue weighted by molar-refractivity contribution is -0.137. The molecule has 0 saturated carbocycles. The average Bonchev–Trinajstić information content (AvgIpc) is 2.13. The molecule has 0 saturated heterocycles. The second-order valence-corrected chi connectivity index (χ2v) is 5.73. The Morgan fingerprint density at radius 2 is 1.82 bits per heavy atom. The average molecular weight is 285 g/mol. The Balaban J connectivity index is 3.53. The molecule has 1 aromatic carbocycles. The molecule has 0 spiro atoms. The number of hydrogen-bond donors (Lipinski definition) is 0. The summed E-state index contributed by atoms with van der Waals surface area (Å²) in [6.07, 6.45) is -3.13. The van der Waals surface area contributed by atoms with E-state index in [-0.39, 0.29) is 15.8 Å². The van der Waals surface area contributed by atoms with Crippen molar-refractivity contribution in [3.8, 4) is 0 Å². The van der Waals surface area contributed by atoms with Crippen molar-refractivity contribution in [2.75, 3.05) is 6.26 Å². The van der Waals surface area contributed by atoms with Crippen LogP contribution in [0.25, 0.3) is 0 Å². The predicted molar refractivity (Wildman–Crippen MR) is 62.9 cm³/mol. The van der Waals surface area contributed by atoms with Gasteiger partial charge in [-0.25, -0.2) is 0 Å². The van der Waals surface area contributed by atoms with Gasteiger partial charge >= 0.3 is 6.18 Å². The SMILES string of the molecule is CC(C)c1c(Cl)cc(C(F)(F)F)cc1S(C)=O. The van der Waals surface area contributed by atoms with Gasteiger partial charge in [-0.1, -0.05) is 25.4 Å². The molecule has 1 rings (SSSR count). The van der Waals surface area contributed by atoms with Crippen LogP contribution in [0, 0.1) is 0 Å². The van der Waals surface area contributed by atoms with Gasteiger partial charge in [0.25, 0.3) is 0 Å². The zero-order chi connectivity index (χ0) is 13.4. The zero-order valence-electron chi connectivity index (χ0n) is 9.56. The third-order valence-corrected chi connectivity index (χ3v) is 3.58. The second kappa shape index (κ2) is 4.98. The Hall–Kier alpha value is -0.550. The van der Waals surface area contributed by atoms with Gasteiger partial charge in [0.05, 0.1) is 16.4 Å². The van der Waals surface area contributed by atoms with Crippen molar-refractivity contribution in [2.45, 2.75) is 30.8 Å². The lowest BCUT2D eigenvalue weighted by atomic mass is 10.0. The van der Waals surface area contributed by atoms with Crippen LogP contribution >= 0.6 is 11.6 Å². The molecule has 0 bridgehead atoms. The third kappa shape index (κ3) is 3.22. The number of benzene rings is 1. The van der Waals surface area contributed by atoms with Gasteiger partial charge in [-0.15, -0.1) is 0 Å². The number of hydrogen-bond acceptors (Lipinski definition) is 1. The Morgan fingerprint density at radius 3 is 2.18 bits per heavy atom. The van der Waals surface area contributed by atoms with Gasteiger partial charge in [0, 0.05) is 16.2 Å². The highest BCUT2D eigenvalue weighted by atomic mass is 35.5. The molecule has 1 aromatic rings. The van der Waals surface area contributed by atoms with E-state index >= 15 is 0 Å². The van der Waals surface area contributed by atoms with Crippen LogP contribution in [0.3, 0.4) is 0 Å². The fraction of sp³-hybridized carbons (Fsp3) is 0.455. The number of halogens is 4. The summed E-state index contributed by atoms with van der Waals surface area (Å²) in [6, 6.07) is 1.80. The lowest BCUT2D eigenvalue weighted by Crippen LogP contribution is -2.09. The van der Waals surface area contributed by atoms with Crippen LogP contribution in [0.4, 0.5) is 13.2 Å². The van der Waals surface area contributed by atoms with Gasteiger partial charge in [0.1, 0.15) is 0 Å². The van der Waals surface area contributed by atoms with Crippen LogP contribution in [-0.2, 0) is 17.0 Å². The summed E-state index contributed by atoms with van der Waals surface area (Å²) in [4.78, 5) is 0.153. The molecule has 0 aliphatic rings. The molecule has 0 aliphatic carbocycles. The monoisotopic (exact) mass is 284 g/mol. The number of rotatable bonds is 2. The normalized spacial score (nSPS) is 14.1. The van der Waals surface area contributed by atoms with Crippen LogP contribution in [0.5, 0.6) is 0 Å². The maximum absolute atomic E-state index is 12.6. The van der Waals surface area contributed by atoms with Gasteiger partial charge < -0.3 is 0 Å². The molecule has 6 heteroatoms. The number of alkyl halides is 3. The molecular formula is C11H12ClF3OS. The molecule has 17 heavy (non-hydrogen) atoms. The minimum Gasteiger partial charge on any atom is -0.255 e. The fourth-order valence-electron chi connectivity index (χ4n) is 1.55. The highest BCUT2D eigenvalue weighted by molar-refractivity contribution is 7.84. The molecule has 0 fully saturated rings. The van der Waals surface area contributed by atoms with E-state index < -0.39 is 22.5 Å². The van der Waals surface area contributed by atoms with E-state index in [0.29, 0.717) is 5.56 Å². The molecule has 0 radical (unpaired) electrons. The minimum atomic E-state index is -4.48. The van der Waals surface area contributed by atoms with Crippen LogP contribution < -0.4 is 0 Å². The van der Waals surface area contributed by atoms with E-state index in [1.807, 2.05) is 0 Å². The van der Waals surface area contributed by atoms with E-state index in [0.717, 1.165) is 12.1 Å². The molecule has 0 aliphatic heterocycles. The molecular weight excluding hydrogens is 273 g/mol. The molecule has 0 aromatic heterocycles. The standard InChI is InChI=1S/C11H12ClF3OS/c1-6(2)10-8(12)4-7(11(13,14)15)5-9(10)17(3)16/h4-6H,1-3H3. The minimum absolute atomic E-state index is 0.0139. The second-order valence-electron chi connectivity index (χ2n) is 3.98. The largest absolute Gasteiger partial charge is 0.416 e. The van der Waals surface area contributed by atoms with E-state index in [1.165, 1.54) is 6.26 Å². The lowest BCUT2D eigenvalue weighted by Gasteiger charge is -2.16. The highest BCUT2D eigenvalue weighted by Crippen LogP contribution is 2.37. The molecule has 1 atom stereocenters. The van der Waals surface area contributed by atoms with Gasteiger partial charge in [-0.05, 0) is 23.6 Å². The molecule has 96 valence electrons. The van der Waals surface area contributed by atoms with Gasteiger partial charge in [0.15, 0.2) is 0 Å². The van der Waals surface area contributed by atoms with Gasteiger partial charge in [0.2, 0.25) is 0 Å². The summed E-state index contributed by atoms with van der Waals surface area (Å²) in [6.45, 7) is 3.59. The summed E-state index contributed by atoms with van der Waals surface area (Å²) in [5.41, 5.74) is -0.349. The Morgan fingerprint density at radius 1 is 1.29 bits per heavy atom. The maximum atomic E-state index is 12.6. The van der Waals surface area contributed by atoms with Crippen LogP contribution in [0.15, 0.2) is 17.0 Å². The van der Waals surface area contributed by atoms with Crippen molar-refractivity contribution in [1.29, 1.82) is 0 Å². The van der Waals surface area contributed by atoms with Crippen molar-refractivity contribution in [2.24, 2.45) is 0 Å². The first-order chi connectivity index (χ1) is 7.64. The van der Waals surface area contributed by atoms with Crippen molar-refractivity contribution in [3.63, 3.8) is 0 Å². The zero-order valence-corrected chi connectivity index (χ0v) is 11.1. The topological polar surface area (TPSA) is 17.1 Å². The molecule has 1 nitrogen and oxygen atoms in total. The van der Waals surface area contributed by atoms with Crippen molar-refractivity contribution < 1.29 is 17.4 Å². The van der Waals surface area contributed by atoms with E-state index in [4.69, 9.17) is 11.6 Å². The summed E-state index contributed by atoms with van der Waals surface area (Å²) < 4.78 is 49.2. The molecule has 1 unspecified atom stereocenters. The first-order valence-electron chi connectivity index (χ1n) is 4.88.